The van der Waals surface area contributed by atoms with Crippen LogP contribution >= 0.6 is 0 Å². The molecule has 2 aromatic carbocycles. The third-order valence-corrected chi connectivity index (χ3v) is 3.99. The zero-order valence-electron chi connectivity index (χ0n) is 10.8. The number of para-hydroxylation sites is 1. The largest absolute Gasteiger partial charge is 0.366 e. The van der Waals surface area contributed by atoms with Crippen molar-refractivity contribution in [3.63, 3.8) is 0 Å². The van der Waals surface area contributed by atoms with Gasteiger partial charge in [0.1, 0.15) is 0 Å². The molecule has 106 valence electrons. The minimum Gasteiger partial charge on any atom is -0.269 e. The van der Waals surface area contributed by atoms with Crippen molar-refractivity contribution in [1.82, 2.24) is 0 Å². The quantitative estimate of drug-likeness (QED) is 0.682. The summed E-state index contributed by atoms with van der Waals surface area (Å²) >= 11 is 0. The number of anilines is 1. The lowest BCUT2D eigenvalue weighted by molar-refractivity contribution is -0.111. The molecule has 1 heterocycles. The Bertz CT molecular complexity index is 841. The van der Waals surface area contributed by atoms with Gasteiger partial charge in [0.25, 0.3) is 5.91 Å². The van der Waals surface area contributed by atoms with Crippen LogP contribution in [0.4, 0.5) is 5.69 Å². The Morgan fingerprint density at radius 2 is 1.57 bits per heavy atom. The molecule has 0 spiro atoms. The lowest BCUT2D eigenvalue weighted by Crippen LogP contribution is -2.32. The maximum atomic E-state index is 12.3. The van der Waals surface area contributed by atoms with E-state index >= 15 is 0 Å². The van der Waals surface area contributed by atoms with Crippen molar-refractivity contribution in [2.75, 3.05) is 4.31 Å². The molecule has 5 nitrogen and oxygen atoms in total. The Hall–Kier alpha value is -2.44. The molecule has 6 heteroatoms. The molecular weight excluding hydrogens is 290 g/mol. The van der Waals surface area contributed by atoms with E-state index in [1.807, 2.05) is 18.2 Å². The summed E-state index contributed by atoms with van der Waals surface area (Å²) in [5, 5.41) is 0. The highest BCUT2D eigenvalue weighted by Gasteiger charge is 2.39. The van der Waals surface area contributed by atoms with E-state index in [0.717, 1.165) is 5.56 Å². The van der Waals surface area contributed by atoms with E-state index in [-0.39, 0.29) is 11.3 Å². The number of rotatable bonds is 2. The van der Waals surface area contributed by atoms with E-state index in [9.17, 15) is 17.8 Å². The second-order valence-electron chi connectivity index (χ2n) is 4.53. The van der Waals surface area contributed by atoms with Crippen LogP contribution < -0.4 is 4.31 Å². The van der Waals surface area contributed by atoms with Gasteiger partial charge in [-0.2, -0.15) is 12.7 Å². The predicted octanol–water partition coefficient (Wildman–Crippen LogP) is 2.38. The van der Waals surface area contributed by atoms with Crippen LogP contribution in [0, 0.1) is 0 Å². The number of carbonyl (C=O) groups excluding carboxylic acids is 1. The van der Waals surface area contributed by atoms with Gasteiger partial charge in [-0.3, -0.25) is 9.35 Å². The smallest absolute Gasteiger partial charge is 0.269 e. The molecule has 0 aliphatic carbocycles. The molecule has 2 aromatic rings. The van der Waals surface area contributed by atoms with Crippen molar-refractivity contribution < 1.29 is 17.8 Å². The summed E-state index contributed by atoms with van der Waals surface area (Å²) in [6.07, 6.45) is 1.60. The van der Waals surface area contributed by atoms with Crippen LogP contribution in [-0.4, -0.2) is 18.9 Å². The predicted molar refractivity (Wildman–Crippen MR) is 79.8 cm³/mol. The standard InChI is InChI=1S/C15H11NO4S/c17-15-13(10-11-6-2-1-3-7-11)12-8-4-5-9-14(12)16(15)21(18,19)20/h1-10H,(H,18,19,20). The molecule has 1 N–H and O–H groups in total. The molecule has 0 saturated heterocycles. The summed E-state index contributed by atoms with van der Waals surface area (Å²) < 4.78 is 32.6. The Morgan fingerprint density at radius 3 is 2.24 bits per heavy atom. The number of amides is 1. The molecule has 0 aromatic heterocycles. The zero-order valence-corrected chi connectivity index (χ0v) is 11.6. The summed E-state index contributed by atoms with van der Waals surface area (Å²) in [5.74, 6) is -0.762. The SMILES string of the molecule is O=C1C(=Cc2ccccc2)c2ccccc2N1S(=O)(=O)O. The second-order valence-corrected chi connectivity index (χ2v) is 5.79. The van der Waals surface area contributed by atoms with Crippen molar-refractivity contribution >= 4 is 33.5 Å². The number of carbonyl (C=O) groups is 1. The number of hydrogen-bond acceptors (Lipinski definition) is 3. The number of hydrogen-bond donors (Lipinski definition) is 1. The highest BCUT2D eigenvalue weighted by molar-refractivity contribution is 7.88. The fourth-order valence-electron chi connectivity index (χ4n) is 2.30. The monoisotopic (exact) mass is 301 g/mol. The van der Waals surface area contributed by atoms with Crippen molar-refractivity contribution in [2.45, 2.75) is 0 Å². The second kappa shape index (κ2) is 4.83. The van der Waals surface area contributed by atoms with Gasteiger partial charge in [-0.25, -0.2) is 0 Å². The van der Waals surface area contributed by atoms with Gasteiger partial charge in [0, 0.05) is 5.56 Å². The van der Waals surface area contributed by atoms with Gasteiger partial charge in [0.05, 0.1) is 11.3 Å². The first kappa shape index (κ1) is 13.5. The molecule has 1 amide bonds. The summed E-state index contributed by atoms with van der Waals surface area (Å²) in [4.78, 5) is 12.3. The number of benzene rings is 2. The topological polar surface area (TPSA) is 74.7 Å². The van der Waals surface area contributed by atoms with Crippen LogP contribution in [0.5, 0.6) is 0 Å². The van der Waals surface area contributed by atoms with Gasteiger partial charge >= 0.3 is 10.3 Å². The Morgan fingerprint density at radius 1 is 0.952 bits per heavy atom. The van der Waals surface area contributed by atoms with Gasteiger partial charge in [0.15, 0.2) is 0 Å². The summed E-state index contributed by atoms with van der Waals surface area (Å²) in [7, 11) is -4.65. The number of nitrogens with zero attached hydrogens (tertiary/aromatic N) is 1. The van der Waals surface area contributed by atoms with E-state index in [4.69, 9.17) is 0 Å². The van der Waals surface area contributed by atoms with E-state index in [1.165, 1.54) is 6.07 Å². The van der Waals surface area contributed by atoms with Crippen LogP contribution in [0.3, 0.4) is 0 Å². The highest BCUT2D eigenvalue weighted by atomic mass is 32.2. The van der Waals surface area contributed by atoms with Gasteiger partial charge < -0.3 is 0 Å². The maximum Gasteiger partial charge on any atom is 0.366 e. The molecule has 0 atom stereocenters. The minimum atomic E-state index is -4.65. The molecule has 0 radical (unpaired) electrons. The fraction of sp³-hybridized carbons (Fsp3) is 0. The van der Waals surface area contributed by atoms with Crippen molar-refractivity contribution in [3.05, 3.63) is 65.7 Å². The maximum absolute atomic E-state index is 12.3. The van der Waals surface area contributed by atoms with Gasteiger partial charge in [-0.15, -0.1) is 0 Å². The van der Waals surface area contributed by atoms with Crippen LogP contribution in [0.1, 0.15) is 11.1 Å². The summed E-state index contributed by atoms with van der Waals surface area (Å²) in [5.41, 5.74) is 1.64. The summed E-state index contributed by atoms with van der Waals surface area (Å²) in [6.45, 7) is 0. The molecule has 21 heavy (non-hydrogen) atoms. The van der Waals surface area contributed by atoms with Gasteiger partial charge in [0.2, 0.25) is 0 Å². The normalized spacial score (nSPS) is 16.3. The van der Waals surface area contributed by atoms with E-state index in [2.05, 4.69) is 0 Å². The zero-order chi connectivity index (χ0) is 15.0. The first-order valence-electron chi connectivity index (χ1n) is 6.17. The molecular formula is C15H11NO4S. The average Bonchev–Trinajstić information content (AvgIpc) is 2.73. The van der Waals surface area contributed by atoms with Crippen LogP contribution in [0.2, 0.25) is 0 Å². The minimum absolute atomic E-state index is 0.159. The van der Waals surface area contributed by atoms with Gasteiger partial charge in [-0.1, -0.05) is 48.5 Å². The van der Waals surface area contributed by atoms with Crippen LogP contribution in [-0.2, 0) is 15.1 Å². The first-order valence-corrected chi connectivity index (χ1v) is 7.56. The lowest BCUT2D eigenvalue weighted by Gasteiger charge is -2.11. The van der Waals surface area contributed by atoms with Crippen LogP contribution in [0.15, 0.2) is 54.6 Å². The third-order valence-electron chi connectivity index (χ3n) is 3.17. The molecule has 0 bridgehead atoms. The van der Waals surface area contributed by atoms with Crippen molar-refractivity contribution in [1.29, 1.82) is 0 Å². The average molecular weight is 301 g/mol. The van der Waals surface area contributed by atoms with E-state index < -0.39 is 16.2 Å². The van der Waals surface area contributed by atoms with Crippen molar-refractivity contribution in [2.24, 2.45) is 0 Å². The Balaban J connectivity index is 2.21. The third kappa shape index (κ3) is 2.35. The lowest BCUT2D eigenvalue weighted by atomic mass is 10.0. The molecule has 1 aliphatic rings. The summed E-state index contributed by atoms with van der Waals surface area (Å²) in [6, 6.07) is 15.5. The van der Waals surface area contributed by atoms with E-state index in [0.29, 0.717) is 9.87 Å². The number of fused-ring (bicyclic) bond motifs is 1. The molecule has 1 aliphatic heterocycles. The molecule has 0 fully saturated rings. The van der Waals surface area contributed by atoms with E-state index in [1.54, 1.807) is 36.4 Å². The fourth-order valence-corrected chi connectivity index (χ4v) is 3.01. The molecule has 3 rings (SSSR count). The molecule has 0 saturated carbocycles. The van der Waals surface area contributed by atoms with Crippen LogP contribution in [0.25, 0.3) is 11.6 Å². The van der Waals surface area contributed by atoms with Crippen molar-refractivity contribution in [3.8, 4) is 0 Å². The highest BCUT2D eigenvalue weighted by Crippen LogP contribution is 2.38. The Kier molecular flexibility index (Phi) is 3.12. The van der Waals surface area contributed by atoms with Gasteiger partial charge in [-0.05, 0) is 17.7 Å². The Labute approximate surface area is 122 Å². The first-order chi connectivity index (χ1) is 9.98. The molecule has 0 unspecified atom stereocenters.